The molecule has 0 aliphatic heterocycles. The van der Waals surface area contributed by atoms with Crippen molar-refractivity contribution in [2.45, 2.75) is 19.3 Å². The van der Waals surface area contributed by atoms with Gasteiger partial charge in [-0.05, 0) is 11.6 Å². The monoisotopic (exact) mass is 305 g/mol. The Hall–Kier alpha value is -1.53. The fourth-order valence-electron chi connectivity index (χ4n) is 1.74. The first-order chi connectivity index (χ1) is 8.97. The molecule has 0 aliphatic rings. The Labute approximate surface area is 121 Å². The summed E-state index contributed by atoms with van der Waals surface area (Å²) in [6.45, 7) is 0.946. The second-order valence-corrected chi connectivity index (χ2v) is 4.23. The summed E-state index contributed by atoms with van der Waals surface area (Å²) in [5.41, 5.74) is 0.732. The van der Waals surface area contributed by atoms with Gasteiger partial charge in [-0.3, -0.25) is 4.68 Å². The Morgan fingerprint density at radius 3 is 2.35 bits per heavy atom. The molecule has 0 spiro atoms. The van der Waals surface area contributed by atoms with Crippen LogP contribution in [-0.2, 0) is 26.3 Å². The molecule has 0 aliphatic carbocycles. The van der Waals surface area contributed by atoms with Crippen molar-refractivity contribution in [3.05, 3.63) is 53.3 Å². The largest absolute Gasteiger partial charge is 0.435 e. The number of alkyl halides is 3. The zero-order valence-electron chi connectivity index (χ0n) is 10.8. The minimum atomic E-state index is -4.39. The molecule has 1 aromatic heterocycles. The van der Waals surface area contributed by atoms with Crippen molar-refractivity contribution in [3.8, 4) is 0 Å². The van der Waals surface area contributed by atoms with Crippen molar-refractivity contribution in [2.24, 2.45) is 7.05 Å². The van der Waals surface area contributed by atoms with Crippen LogP contribution in [0.15, 0.2) is 36.4 Å². The van der Waals surface area contributed by atoms with Crippen LogP contribution in [-0.4, -0.2) is 9.78 Å². The van der Waals surface area contributed by atoms with E-state index in [0.29, 0.717) is 18.8 Å². The first kappa shape index (κ1) is 16.5. The Kier molecular flexibility index (Phi) is 5.59. The number of halogens is 4. The van der Waals surface area contributed by atoms with Gasteiger partial charge in [0, 0.05) is 20.1 Å². The summed E-state index contributed by atoms with van der Waals surface area (Å²) in [6.07, 6.45) is -4.39. The summed E-state index contributed by atoms with van der Waals surface area (Å²) in [6, 6.07) is 10.7. The van der Waals surface area contributed by atoms with Gasteiger partial charge in [0.1, 0.15) is 0 Å². The van der Waals surface area contributed by atoms with E-state index in [-0.39, 0.29) is 12.4 Å². The summed E-state index contributed by atoms with van der Waals surface area (Å²) in [4.78, 5) is 0. The highest BCUT2D eigenvalue weighted by Gasteiger charge is 2.34. The number of hydrogen-bond acceptors (Lipinski definition) is 2. The highest BCUT2D eigenvalue weighted by atomic mass is 35.5. The van der Waals surface area contributed by atoms with E-state index in [1.54, 1.807) is 0 Å². The molecule has 0 fully saturated rings. The number of rotatable bonds is 4. The van der Waals surface area contributed by atoms with Gasteiger partial charge in [0.05, 0.1) is 5.69 Å². The maximum atomic E-state index is 12.5. The normalized spacial score (nSPS) is 11.2. The van der Waals surface area contributed by atoms with E-state index in [2.05, 4.69) is 10.4 Å². The Morgan fingerprint density at radius 2 is 1.80 bits per heavy atom. The van der Waals surface area contributed by atoms with Gasteiger partial charge in [0.15, 0.2) is 5.69 Å². The molecule has 0 unspecified atom stereocenters. The summed E-state index contributed by atoms with van der Waals surface area (Å²) < 4.78 is 38.7. The molecular weight excluding hydrogens is 291 g/mol. The van der Waals surface area contributed by atoms with E-state index in [9.17, 15) is 13.2 Å². The summed E-state index contributed by atoms with van der Waals surface area (Å²) in [5.74, 6) is 0. The number of benzene rings is 1. The highest BCUT2D eigenvalue weighted by Crippen LogP contribution is 2.28. The van der Waals surface area contributed by atoms with Crippen molar-refractivity contribution in [2.75, 3.05) is 0 Å². The summed E-state index contributed by atoms with van der Waals surface area (Å²) >= 11 is 0. The number of nitrogens with one attached hydrogen (secondary N) is 1. The topological polar surface area (TPSA) is 29.9 Å². The fraction of sp³-hybridized carbons (Fsp3) is 0.308. The molecule has 0 radical (unpaired) electrons. The Morgan fingerprint density at radius 1 is 1.15 bits per heavy atom. The van der Waals surface area contributed by atoms with Crippen LogP contribution in [0, 0.1) is 0 Å². The minimum absolute atomic E-state index is 0. The van der Waals surface area contributed by atoms with E-state index in [1.165, 1.54) is 11.7 Å². The van der Waals surface area contributed by atoms with Gasteiger partial charge in [0.25, 0.3) is 0 Å². The molecule has 0 atom stereocenters. The molecule has 2 aromatic rings. The fourth-order valence-corrected chi connectivity index (χ4v) is 1.74. The van der Waals surface area contributed by atoms with Gasteiger partial charge in [-0.15, -0.1) is 12.4 Å². The average Bonchev–Trinajstić information content (AvgIpc) is 2.72. The zero-order chi connectivity index (χ0) is 13.9. The highest BCUT2D eigenvalue weighted by molar-refractivity contribution is 5.85. The Balaban J connectivity index is 0.00000200. The van der Waals surface area contributed by atoms with Gasteiger partial charge in [-0.25, -0.2) is 0 Å². The molecule has 7 heteroatoms. The number of nitrogens with zero attached hydrogens (tertiary/aromatic N) is 2. The summed E-state index contributed by atoms with van der Waals surface area (Å²) in [5, 5.41) is 6.55. The van der Waals surface area contributed by atoms with Crippen molar-refractivity contribution in [1.29, 1.82) is 0 Å². The van der Waals surface area contributed by atoms with Gasteiger partial charge in [-0.2, -0.15) is 18.3 Å². The van der Waals surface area contributed by atoms with E-state index < -0.39 is 11.9 Å². The first-order valence-electron chi connectivity index (χ1n) is 5.81. The van der Waals surface area contributed by atoms with Crippen LogP contribution in [0.25, 0.3) is 0 Å². The molecule has 110 valence electrons. The summed E-state index contributed by atoms with van der Waals surface area (Å²) in [7, 11) is 1.51. The van der Waals surface area contributed by atoms with Gasteiger partial charge in [0.2, 0.25) is 0 Å². The van der Waals surface area contributed by atoms with Crippen LogP contribution < -0.4 is 5.32 Å². The molecule has 0 saturated heterocycles. The van der Waals surface area contributed by atoms with Gasteiger partial charge in [-0.1, -0.05) is 30.3 Å². The van der Waals surface area contributed by atoms with E-state index in [4.69, 9.17) is 0 Å². The molecule has 1 N–H and O–H groups in total. The number of aryl methyl sites for hydroxylation is 1. The predicted molar refractivity (Wildman–Crippen MR) is 72.4 cm³/mol. The standard InChI is InChI=1S/C13H14F3N3.ClH/c1-19-11(7-12(18-19)13(14,15)16)9-17-8-10-5-3-2-4-6-10;/h2-7,17H,8-9H2,1H3;1H. The average molecular weight is 306 g/mol. The van der Waals surface area contributed by atoms with Crippen LogP contribution in [0.4, 0.5) is 13.2 Å². The van der Waals surface area contributed by atoms with Crippen LogP contribution >= 0.6 is 12.4 Å². The molecule has 2 rings (SSSR count). The molecule has 0 amide bonds. The van der Waals surface area contributed by atoms with Crippen molar-refractivity contribution < 1.29 is 13.2 Å². The minimum Gasteiger partial charge on any atom is -0.307 e. The van der Waals surface area contributed by atoms with E-state index in [1.807, 2.05) is 30.3 Å². The maximum absolute atomic E-state index is 12.5. The Bertz CT molecular complexity index is 538. The predicted octanol–water partition coefficient (Wildman–Crippen LogP) is 3.15. The van der Waals surface area contributed by atoms with E-state index >= 15 is 0 Å². The lowest BCUT2D eigenvalue weighted by atomic mass is 10.2. The number of aromatic nitrogens is 2. The van der Waals surface area contributed by atoms with Crippen molar-refractivity contribution in [1.82, 2.24) is 15.1 Å². The lowest BCUT2D eigenvalue weighted by Crippen LogP contribution is -2.15. The van der Waals surface area contributed by atoms with Crippen LogP contribution in [0.1, 0.15) is 17.0 Å². The molecule has 1 heterocycles. The maximum Gasteiger partial charge on any atom is 0.435 e. The van der Waals surface area contributed by atoms with Crippen LogP contribution in [0.2, 0.25) is 0 Å². The molecule has 3 nitrogen and oxygen atoms in total. The third kappa shape index (κ3) is 4.25. The van der Waals surface area contributed by atoms with Gasteiger partial charge < -0.3 is 5.32 Å². The van der Waals surface area contributed by atoms with Crippen LogP contribution in [0.3, 0.4) is 0 Å². The molecular formula is C13H15ClF3N3. The van der Waals surface area contributed by atoms with Crippen molar-refractivity contribution >= 4 is 12.4 Å². The smallest absolute Gasteiger partial charge is 0.307 e. The second kappa shape index (κ2) is 6.76. The third-order valence-corrected chi connectivity index (χ3v) is 2.75. The molecule has 0 saturated carbocycles. The first-order valence-corrected chi connectivity index (χ1v) is 5.81. The second-order valence-electron chi connectivity index (χ2n) is 4.23. The molecule has 1 aromatic carbocycles. The van der Waals surface area contributed by atoms with Crippen LogP contribution in [0.5, 0.6) is 0 Å². The van der Waals surface area contributed by atoms with Gasteiger partial charge >= 0.3 is 6.18 Å². The third-order valence-electron chi connectivity index (χ3n) is 2.75. The molecule has 20 heavy (non-hydrogen) atoms. The zero-order valence-corrected chi connectivity index (χ0v) is 11.6. The SMILES string of the molecule is Cl.Cn1nc(C(F)(F)F)cc1CNCc1ccccc1. The quantitative estimate of drug-likeness (QED) is 0.940. The lowest BCUT2D eigenvalue weighted by molar-refractivity contribution is -0.141. The van der Waals surface area contributed by atoms with Crippen molar-refractivity contribution in [3.63, 3.8) is 0 Å². The molecule has 0 bridgehead atoms. The van der Waals surface area contributed by atoms with E-state index in [0.717, 1.165) is 11.6 Å². The number of hydrogen-bond donors (Lipinski definition) is 1. The lowest BCUT2D eigenvalue weighted by Gasteiger charge is -2.04.